The summed E-state index contributed by atoms with van der Waals surface area (Å²) >= 11 is 0. The highest BCUT2D eigenvalue weighted by molar-refractivity contribution is 5.70. The van der Waals surface area contributed by atoms with Crippen LogP contribution in [0.15, 0.2) is 0 Å². The van der Waals surface area contributed by atoms with Crippen LogP contribution in [-0.4, -0.2) is 30.9 Å². The Labute approximate surface area is 141 Å². The molecule has 0 aromatic heterocycles. The molecule has 3 atom stereocenters. The molecule has 4 heteroatoms. The van der Waals surface area contributed by atoms with Crippen molar-refractivity contribution in [1.82, 2.24) is 5.32 Å². The molecule has 2 aliphatic heterocycles. The third-order valence-electron chi connectivity index (χ3n) is 5.14. The summed E-state index contributed by atoms with van der Waals surface area (Å²) in [6.45, 7) is 2.88. The van der Waals surface area contributed by atoms with Crippen molar-refractivity contribution in [3.63, 3.8) is 0 Å². The number of fused-ring (bicyclic) bond motifs is 1. The summed E-state index contributed by atoms with van der Waals surface area (Å²) in [7, 11) is 0. The number of carbonyl (C=O) groups excluding carboxylic acids is 1. The maximum absolute atomic E-state index is 11.2. The molecule has 134 valence electrons. The number of unbranched alkanes of at least 4 members (excludes halogenated alkanes) is 11. The van der Waals surface area contributed by atoms with Crippen LogP contribution in [0.3, 0.4) is 0 Å². The molecule has 2 fully saturated rings. The van der Waals surface area contributed by atoms with Crippen LogP contribution in [0, 0.1) is 0 Å². The smallest absolute Gasteiger partial charge is 0.408 e. The largest absolute Gasteiger partial charge is 0.441 e. The van der Waals surface area contributed by atoms with Gasteiger partial charge in [-0.05, 0) is 6.42 Å². The van der Waals surface area contributed by atoms with Crippen molar-refractivity contribution in [1.29, 1.82) is 0 Å². The van der Waals surface area contributed by atoms with Crippen molar-refractivity contribution in [2.75, 3.05) is 6.61 Å². The lowest BCUT2D eigenvalue weighted by atomic mass is 10.0. The lowest BCUT2D eigenvalue weighted by Crippen LogP contribution is -2.32. The Bertz CT molecular complexity index is 335. The molecule has 0 aromatic rings. The first-order valence-electron chi connectivity index (χ1n) is 9.90. The standard InChI is InChI=1S/C19H35NO3/c1-2-3-4-5-6-7-8-9-10-11-12-13-14-17-18-16(15-22-17)20-19(21)23-18/h16-18H,2-15H2,1H3,(H,20,21)/t16-,17+,18-/m1/s1. The predicted molar refractivity (Wildman–Crippen MR) is 92.6 cm³/mol. The molecule has 0 radical (unpaired) electrons. The molecule has 0 bridgehead atoms. The highest BCUT2D eigenvalue weighted by Gasteiger charge is 2.45. The van der Waals surface area contributed by atoms with Crippen LogP contribution in [0.1, 0.15) is 90.4 Å². The van der Waals surface area contributed by atoms with E-state index in [0.717, 1.165) is 6.42 Å². The Hall–Kier alpha value is -0.770. The number of alkyl carbamates (subject to hydrolysis) is 1. The van der Waals surface area contributed by atoms with Gasteiger partial charge in [-0.25, -0.2) is 4.79 Å². The molecular formula is C19H35NO3. The van der Waals surface area contributed by atoms with Crippen molar-refractivity contribution in [3.8, 4) is 0 Å². The van der Waals surface area contributed by atoms with E-state index in [9.17, 15) is 4.79 Å². The van der Waals surface area contributed by atoms with E-state index in [4.69, 9.17) is 9.47 Å². The SMILES string of the molecule is CCCCCCCCCCCCCC[C@@H]1OC[C@H]2NC(=O)O[C@@H]12. The van der Waals surface area contributed by atoms with Gasteiger partial charge in [-0.1, -0.05) is 84.0 Å². The van der Waals surface area contributed by atoms with Gasteiger partial charge in [0.15, 0.2) is 6.10 Å². The maximum atomic E-state index is 11.2. The fourth-order valence-electron chi connectivity index (χ4n) is 3.70. The lowest BCUT2D eigenvalue weighted by Gasteiger charge is -2.15. The summed E-state index contributed by atoms with van der Waals surface area (Å²) in [5, 5.41) is 2.81. The topological polar surface area (TPSA) is 47.6 Å². The van der Waals surface area contributed by atoms with E-state index in [1.54, 1.807) is 0 Å². The zero-order valence-corrected chi connectivity index (χ0v) is 14.9. The average Bonchev–Trinajstić information content (AvgIpc) is 3.08. The second kappa shape index (κ2) is 10.9. The number of rotatable bonds is 13. The van der Waals surface area contributed by atoms with Crippen LogP contribution in [-0.2, 0) is 9.47 Å². The molecule has 4 nitrogen and oxygen atoms in total. The minimum atomic E-state index is -0.275. The van der Waals surface area contributed by atoms with Gasteiger partial charge in [0, 0.05) is 0 Å². The van der Waals surface area contributed by atoms with Crippen molar-refractivity contribution >= 4 is 6.09 Å². The summed E-state index contributed by atoms with van der Waals surface area (Å²) in [6, 6.07) is 0.0878. The lowest BCUT2D eigenvalue weighted by molar-refractivity contribution is 0.0286. The van der Waals surface area contributed by atoms with E-state index in [1.807, 2.05) is 0 Å². The van der Waals surface area contributed by atoms with Gasteiger partial charge in [-0.3, -0.25) is 0 Å². The third-order valence-corrected chi connectivity index (χ3v) is 5.14. The first-order chi connectivity index (χ1) is 11.3. The zero-order chi connectivity index (χ0) is 16.3. The van der Waals surface area contributed by atoms with Crippen LogP contribution in [0.5, 0.6) is 0 Å². The predicted octanol–water partition coefficient (Wildman–Crippen LogP) is 4.95. The third kappa shape index (κ3) is 6.70. The molecular weight excluding hydrogens is 290 g/mol. The second-order valence-electron chi connectivity index (χ2n) is 7.17. The van der Waals surface area contributed by atoms with Crippen molar-refractivity contribution in [2.45, 2.75) is 109 Å². The average molecular weight is 325 g/mol. The Morgan fingerprint density at radius 3 is 2.09 bits per heavy atom. The maximum Gasteiger partial charge on any atom is 0.408 e. The molecule has 2 rings (SSSR count). The molecule has 1 N–H and O–H groups in total. The molecule has 23 heavy (non-hydrogen) atoms. The number of hydrogen-bond acceptors (Lipinski definition) is 3. The Morgan fingerprint density at radius 1 is 0.913 bits per heavy atom. The van der Waals surface area contributed by atoms with E-state index in [1.165, 1.54) is 77.0 Å². The highest BCUT2D eigenvalue weighted by Crippen LogP contribution is 2.26. The first-order valence-corrected chi connectivity index (χ1v) is 9.90. The molecule has 0 aromatic carbocycles. The Morgan fingerprint density at radius 2 is 1.48 bits per heavy atom. The number of amides is 1. The van der Waals surface area contributed by atoms with E-state index in [-0.39, 0.29) is 24.3 Å². The number of carbonyl (C=O) groups is 1. The van der Waals surface area contributed by atoms with Gasteiger partial charge in [0.05, 0.1) is 18.8 Å². The fourth-order valence-corrected chi connectivity index (χ4v) is 3.70. The summed E-state index contributed by atoms with van der Waals surface area (Å²) < 4.78 is 11.0. The van der Waals surface area contributed by atoms with E-state index >= 15 is 0 Å². The molecule has 0 saturated carbocycles. The number of ether oxygens (including phenoxy) is 2. The van der Waals surface area contributed by atoms with Crippen LogP contribution >= 0.6 is 0 Å². The summed E-state index contributed by atoms with van der Waals surface area (Å²) in [4.78, 5) is 11.2. The van der Waals surface area contributed by atoms with Gasteiger partial charge in [0.1, 0.15) is 0 Å². The van der Waals surface area contributed by atoms with E-state index < -0.39 is 0 Å². The van der Waals surface area contributed by atoms with Crippen molar-refractivity contribution in [3.05, 3.63) is 0 Å². The first kappa shape index (κ1) is 18.6. The molecule has 0 spiro atoms. The fraction of sp³-hybridized carbons (Fsp3) is 0.947. The molecule has 1 amide bonds. The normalized spacial score (nSPS) is 26.1. The van der Waals surface area contributed by atoms with E-state index in [0.29, 0.717) is 6.61 Å². The molecule has 0 unspecified atom stereocenters. The van der Waals surface area contributed by atoms with Crippen molar-refractivity contribution < 1.29 is 14.3 Å². The van der Waals surface area contributed by atoms with E-state index in [2.05, 4.69) is 12.2 Å². The van der Waals surface area contributed by atoms with Crippen LogP contribution in [0.4, 0.5) is 4.79 Å². The highest BCUT2D eigenvalue weighted by atomic mass is 16.6. The zero-order valence-electron chi connectivity index (χ0n) is 14.9. The van der Waals surface area contributed by atoms with Crippen LogP contribution in [0.25, 0.3) is 0 Å². The quantitative estimate of drug-likeness (QED) is 0.487. The van der Waals surface area contributed by atoms with Crippen LogP contribution < -0.4 is 5.32 Å². The molecule has 2 aliphatic rings. The minimum absolute atomic E-state index is 0.0461. The molecule has 2 heterocycles. The summed E-state index contributed by atoms with van der Waals surface area (Å²) in [5.74, 6) is 0. The van der Waals surface area contributed by atoms with Gasteiger partial charge >= 0.3 is 6.09 Å². The number of hydrogen-bond donors (Lipinski definition) is 1. The van der Waals surface area contributed by atoms with Gasteiger partial charge < -0.3 is 14.8 Å². The van der Waals surface area contributed by atoms with Gasteiger partial charge in [0.2, 0.25) is 0 Å². The van der Waals surface area contributed by atoms with Gasteiger partial charge in [0.25, 0.3) is 0 Å². The van der Waals surface area contributed by atoms with Crippen molar-refractivity contribution in [2.24, 2.45) is 0 Å². The molecule has 2 saturated heterocycles. The Balaban J connectivity index is 1.35. The number of nitrogens with one attached hydrogen (secondary N) is 1. The second-order valence-corrected chi connectivity index (χ2v) is 7.17. The minimum Gasteiger partial charge on any atom is -0.441 e. The van der Waals surface area contributed by atoms with Gasteiger partial charge in [-0.2, -0.15) is 0 Å². The summed E-state index contributed by atoms with van der Waals surface area (Å²) in [6.07, 6.45) is 17.2. The monoisotopic (exact) mass is 325 g/mol. The van der Waals surface area contributed by atoms with Gasteiger partial charge in [-0.15, -0.1) is 0 Å². The summed E-state index contributed by atoms with van der Waals surface area (Å²) in [5.41, 5.74) is 0. The van der Waals surface area contributed by atoms with Crippen LogP contribution in [0.2, 0.25) is 0 Å². The Kier molecular flexibility index (Phi) is 8.80. The molecule has 0 aliphatic carbocycles.